The van der Waals surface area contributed by atoms with Gasteiger partial charge in [-0.15, -0.1) is 0 Å². The maximum absolute atomic E-state index is 12.3. The van der Waals surface area contributed by atoms with Crippen molar-refractivity contribution in [1.82, 2.24) is 4.90 Å². The Morgan fingerprint density at radius 2 is 1.64 bits per heavy atom. The van der Waals surface area contributed by atoms with Gasteiger partial charge in [0.05, 0.1) is 12.7 Å². The molecule has 0 radical (unpaired) electrons. The summed E-state index contributed by atoms with van der Waals surface area (Å²) in [6.45, 7) is 0. The maximum Gasteiger partial charge on any atom is 0.259 e. The normalized spacial score (nSPS) is 9.95. The third-order valence-electron chi connectivity index (χ3n) is 3.15. The highest BCUT2D eigenvalue weighted by Crippen LogP contribution is 2.19. The molecule has 0 aliphatic heterocycles. The number of ether oxygens (including phenoxy) is 1. The minimum Gasteiger partial charge on any atom is -0.496 e. The van der Waals surface area contributed by atoms with E-state index in [2.05, 4.69) is 5.32 Å². The molecule has 2 aromatic carbocycles. The third-order valence-corrected chi connectivity index (χ3v) is 3.15. The largest absolute Gasteiger partial charge is 0.496 e. The van der Waals surface area contributed by atoms with E-state index < -0.39 is 0 Å². The predicted octanol–water partition coefficient (Wildman–Crippen LogP) is 2.65. The van der Waals surface area contributed by atoms with E-state index in [0.717, 1.165) is 0 Å². The van der Waals surface area contributed by atoms with Gasteiger partial charge in [-0.05, 0) is 36.4 Å². The number of carbonyl (C=O) groups is 2. The number of nitrogens with zero attached hydrogens (tertiary/aromatic N) is 1. The van der Waals surface area contributed by atoms with Gasteiger partial charge >= 0.3 is 0 Å². The van der Waals surface area contributed by atoms with Gasteiger partial charge in [0.1, 0.15) is 5.75 Å². The minimum atomic E-state index is -0.260. The molecule has 0 saturated carbocycles. The topological polar surface area (TPSA) is 58.6 Å². The number of anilines is 1. The highest BCUT2D eigenvalue weighted by Gasteiger charge is 2.12. The Hall–Kier alpha value is -2.82. The van der Waals surface area contributed by atoms with E-state index in [1.807, 2.05) is 0 Å². The molecule has 0 spiro atoms. The molecule has 0 fully saturated rings. The van der Waals surface area contributed by atoms with Crippen LogP contribution in [0, 0.1) is 0 Å². The molecule has 0 heterocycles. The van der Waals surface area contributed by atoms with Gasteiger partial charge in [-0.2, -0.15) is 0 Å². The lowest BCUT2D eigenvalue weighted by Gasteiger charge is -2.11. The first kappa shape index (κ1) is 15.6. The molecule has 2 amide bonds. The van der Waals surface area contributed by atoms with E-state index in [9.17, 15) is 9.59 Å². The molecule has 0 atom stereocenters. The van der Waals surface area contributed by atoms with Crippen LogP contribution < -0.4 is 10.1 Å². The number of nitrogens with one attached hydrogen (secondary N) is 1. The lowest BCUT2D eigenvalue weighted by atomic mass is 10.1. The number of benzene rings is 2. The summed E-state index contributed by atoms with van der Waals surface area (Å²) in [6.07, 6.45) is 0. The fourth-order valence-electron chi connectivity index (χ4n) is 1.98. The van der Waals surface area contributed by atoms with Crippen molar-refractivity contribution >= 4 is 17.5 Å². The number of methoxy groups -OCH3 is 1. The van der Waals surface area contributed by atoms with E-state index >= 15 is 0 Å². The number of hydrogen-bond donors (Lipinski definition) is 1. The molecule has 114 valence electrons. The summed E-state index contributed by atoms with van der Waals surface area (Å²) >= 11 is 0. The molecule has 0 saturated heterocycles. The van der Waals surface area contributed by atoms with Gasteiger partial charge in [0, 0.05) is 25.3 Å². The van der Waals surface area contributed by atoms with Crippen LogP contribution in [-0.2, 0) is 0 Å². The second-order valence-corrected chi connectivity index (χ2v) is 4.93. The summed E-state index contributed by atoms with van der Waals surface area (Å²) in [7, 11) is 4.91. The lowest BCUT2D eigenvalue weighted by molar-refractivity contribution is 0.0827. The van der Waals surface area contributed by atoms with E-state index in [0.29, 0.717) is 22.6 Å². The van der Waals surface area contributed by atoms with E-state index in [-0.39, 0.29) is 11.8 Å². The van der Waals surface area contributed by atoms with Crippen LogP contribution in [0.4, 0.5) is 5.69 Å². The summed E-state index contributed by atoms with van der Waals surface area (Å²) in [4.78, 5) is 25.6. The Bertz CT molecular complexity index is 679. The SMILES string of the molecule is COc1ccccc1C(=O)Nc1ccc(C(=O)N(C)C)cc1. The van der Waals surface area contributed by atoms with Crippen molar-refractivity contribution in [3.8, 4) is 5.75 Å². The van der Waals surface area contributed by atoms with Crippen LogP contribution in [0.25, 0.3) is 0 Å². The Labute approximate surface area is 129 Å². The van der Waals surface area contributed by atoms with Crippen LogP contribution in [0.5, 0.6) is 5.75 Å². The first-order valence-corrected chi connectivity index (χ1v) is 6.79. The van der Waals surface area contributed by atoms with Crippen LogP contribution in [-0.4, -0.2) is 37.9 Å². The van der Waals surface area contributed by atoms with E-state index in [1.54, 1.807) is 62.6 Å². The Morgan fingerprint density at radius 3 is 2.23 bits per heavy atom. The van der Waals surface area contributed by atoms with Gasteiger partial charge in [-0.1, -0.05) is 12.1 Å². The standard InChI is InChI=1S/C17H18N2O3/c1-19(2)17(21)12-8-10-13(11-9-12)18-16(20)14-6-4-5-7-15(14)22-3/h4-11H,1-3H3,(H,18,20). The first-order chi connectivity index (χ1) is 10.5. The lowest BCUT2D eigenvalue weighted by Crippen LogP contribution is -2.21. The smallest absolute Gasteiger partial charge is 0.259 e. The zero-order valence-electron chi connectivity index (χ0n) is 12.8. The first-order valence-electron chi connectivity index (χ1n) is 6.79. The molecule has 5 nitrogen and oxygen atoms in total. The fourth-order valence-corrected chi connectivity index (χ4v) is 1.98. The van der Waals surface area contributed by atoms with Crippen LogP contribution in [0.15, 0.2) is 48.5 Å². The average Bonchev–Trinajstić information content (AvgIpc) is 2.54. The van der Waals surface area contributed by atoms with E-state index in [1.165, 1.54) is 12.0 Å². The molecular formula is C17H18N2O3. The van der Waals surface area contributed by atoms with Gasteiger partial charge in [0.15, 0.2) is 0 Å². The molecule has 2 rings (SSSR count). The second kappa shape index (κ2) is 6.76. The molecule has 0 aliphatic rings. The van der Waals surface area contributed by atoms with E-state index in [4.69, 9.17) is 4.74 Å². The van der Waals surface area contributed by atoms with Gasteiger partial charge in [0.2, 0.25) is 0 Å². The van der Waals surface area contributed by atoms with Crippen LogP contribution in [0.1, 0.15) is 20.7 Å². The number of carbonyl (C=O) groups excluding carboxylic acids is 2. The second-order valence-electron chi connectivity index (χ2n) is 4.93. The zero-order chi connectivity index (χ0) is 16.1. The van der Waals surface area contributed by atoms with Gasteiger partial charge in [-0.25, -0.2) is 0 Å². The zero-order valence-corrected chi connectivity index (χ0v) is 12.8. The van der Waals surface area contributed by atoms with Gasteiger partial charge in [0.25, 0.3) is 11.8 Å². The summed E-state index contributed by atoms with van der Waals surface area (Å²) in [5, 5.41) is 2.78. The summed E-state index contributed by atoms with van der Waals surface area (Å²) in [5.41, 5.74) is 1.64. The molecule has 0 bridgehead atoms. The van der Waals surface area contributed by atoms with Gasteiger partial charge in [-0.3, -0.25) is 9.59 Å². The average molecular weight is 298 g/mol. The highest BCUT2D eigenvalue weighted by atomic mass is 16.5. The number of para-hydroxylation sites is 1. The maximum atomic E-state index is 12.3. The molecule has 5 heteroatoms. The molecule has 22 heavy (non-hydrogen) atoms. The molecule has 1 N–H and O–H groups in total. The summed E-state index contributed by atoms with van der Waals surface area (Å²) in [5.74, 6) is 0.172. The van der Waals surface area contributed by atoms with Crippen molar-refractivity contribution < 1.29 is 14.3 Å². The number of rotatable bonds is 4. The molecule has 0 aliphatic carbocycles. The number of hydrogen-bond acceptors (Lipinski definition) is 3. The number of amides is 2. The Balaban J connectivity index is 2.14. The Kier molecular flexibility index (Phi) is 4.78. The molecule has 2 aromatic rings. The highest BCUT2D eigenvalue weighted by molar-refractivity contribution is 6.06. The predicted molar refractivity (Wildman–Crippen MR) is 85.4 cm³/mol. The monoisotopic (exact) mass is 298 g/mol. The molecule has 0 aromatic heterocycles. The quantitative estimate of drug-likeness (QED) is 0.944. The fraction of sp³-hybridized carbons (Fsp3) is 0.176. The summed E-state index contributed by atoms with van der Waals surface area (Å²) in [6, 6.07) is 13.8. The molecular weight excluding hydrogens is 280 g/mol. The minimum absolute atomic E-state index is 0.0809. The summed E-state index contributed by atoms with van der Waals surface area (Å²) < 4.78 is 5.17. The van der Waals surface area contributed by atoms with Crippen LogP contribution >= 0.6 is 0 Å². The van der Waals surface area contributed by atoms with Crippen molar-refractivity contribution in [3.63, 3.8) is 0 Å². The Morgan fingerprint density at radius 1 is 1.00 bits per heavy atom. The van der Waals surface area contributed by atoms with Crippen LogP contribution in [0.3, 0.4) is 0 Å². The van der Waals surface area contributed by atoms with Crippen molar-refractivity contribution in [2.75, 3.05) is 26.5 Å². The van der Waals surface area contributed by atoms with Crippen molar-refractivity contribution in [3.05, 3.63) is 59.7 Å². The van der Waals surface area contributed by atoms with Crippen LogP contribution in [0.2, 0.25) is 0 Å². The molecule has 0 unspecified atom stereocenters. The van der Waals surface area contributed by atoms with Crippen molar-refractivity contribution in [2.45, 2.75) is 0 Å². The van der Waals surface area contributed by atoms with Gasteiger partial charge < -0.3 is 15.0 Å². The third kappa shape index (κ3) is 3.44. The van der Waals surface area contributed by atoms with Crippen molar-refractivity contribution in [1.29, 1.82) is 0 Å². The van der Waals surface area contributed by atoms with Crippen molar-refractivity contribution in [2.24, 2.45) is 0 Å².